The Bertz CT molecular complexity index is 402. The van der Waals surface area contributed by atoms with Gasteiger partial charge in [0.1, 0.15) is 5.25 Å². The number of esters is 2. The quantitative estimate of drug-likeness (QED) is 0.590. The Morgan fingerprint density at radius 2 is 1.93 bits per heavy atom. The van der Waals surface area contributed by atoms with Crippen molar-refractivity contribution in [2.45, 2.75) is 16.6 Å². The minimum atomic E-state index is -0.458. The number of rotatable bonds is 2. The molecule has 1 heterocycles. The lowest BCUT2D eigenvalue weighted by Crippen LogP contribution is -2.08. The second kappa shape index (κ2) is 4.24. The van der Waals surface area contributed by atoms with E-state index in [1.807, 2.05) is 12.1 Å². The number of benzene rings is 1. The molecule has 0 unspecified atom stereocenters. The summed E-state index contributed by atoms with van der Waals surface area (Å²) in [7, 11) is 0. The van der Waals surface area contributed by atoms with Gasteiger partial charge in [0.15, 0.2) is 0 Å². The Kier molecular flexibility index (Phi) is 2.98. The number of carbonyl (C=O) groups excluding carboxylic acids is 2. The molecular weight excluding hydrogens is 236 g/mol. The van der Waals surface area contributed by atoms with E-state index in [9.17, 15) is 9.59 Å². The van der Waals surface area contributed by atoms with Crippen molar-refractivity contribution in [3.63, 3.8) is 0 Å². The first-order chi connectivity index (χ1) is 7.15. The van der Waals surface area contributed by atoms with Crippen LogP contribution in [0.1, 0.15) is 6.42 Å². The molecule has 0 aromatic heterocycles. The van der Waals surface area contributed by atoms with Crippen LogP contribution >= 0.6 is 23.4 Å². The first-order valence-electron chi connectivity index (χ1n) is 4.32. The maximum atomic E-state index is 11.2. The van der Waals surface area contributed by atoms with Gasteiger partial charge in [-0.3, -0.25) is 9.59 Å². The summed E-state index contributed by atoms with van der Waals surface area (Å²) in [5.74, 6) is -0.911. The Morgan fingerprint density at radius 3 is 2.47 bits per heavy atom. The summed E-state index contributed by atoms with van der Waals surface area (Å²) in [6, 6.07) is 7.10. The monoisotopic (exact) mass is 242 g/mol. The SMILES string of the molecule is O=C1C[C@H](Sc2ccc(Cl)cc2)C(=O)O1. The van der Waals surface area contributed by atoms with Gasteiger partial charge in [-0.1, -0.05) is 11.6 Å². The van der Waals surface area contributed by atoms with Crippen molar-refractivity contribution in [1.82, 2.24) is 0 Å². The van der Waals surface area contributed by atoms with Crippen LogP contribution < -0.4 is 0 Å². The Morgan fingerprint density at radius 1 is 1.27 bits per heavy atom. The second-order valence-electron chi connectivity index (χ2n) is 3.06. The van der Waals surface area contributed by atoms with E-state index < -0.39 is 17.2 Å². The van der Waals surface area contributed by atoms with Crippen LogP contribution in [0.3, 0.4) is 0 Å². The molecule has 0 saturated carbocycles. The average Bonchev–Trinajstić information content (AvgIpc) is 2.49. The third-order valence-corrected chi connectivity index (χ3v) is 3.36. The van der Waals surface area contributed by atoms with Crippen molar-refractivity contribution >= 4 is 35.3 Å². The van der Waals surface area contributed by atoms with Crippen LogP contribution in [-0.4, -0.2) is 17.2 Å². The smallest absolute Gasteiger partial charge is 0.327 e. The van der Waals surface area contributed by atoms with Gasteiger partial charge in [-0.15, -0.1) is 11.8 Å². The predicted molar refractivity (Wildman–Crippen MR) is 56.8 cm³/mol. The minimum Gasteiger partial charge on any atom is -0.392 e. The van der Waals surface area contributed by atoms with Gasteiger partial charge in [0.25, 0.3) is 0 Å². The Labute approximate surface area is 95.7 Å². The Hall–Kier alpha value is -1.00. The number of cyclic esters (lactones) is 2. The Balaban J connectivity index is 2.06. The molecule has 5 heteroatoms. The molecule has 1 aliphatic heterocycles. The van der Waals surface area contributed by atoms with Gasteiger partial charge in [0.2, 0.25) is 0 Å². The number of ether oxygens (including phenoxy) is 1. The zero-order chi connectivity index (χ0) is 10.8. The lowest BCUT2D eigenvalue weighted by Gasteiger charge is -2.03. The molecule has 0 spiro atoms. The summed E-state index contributed by atoms with van der Waals surface area (Å²) < 4.78 is 4.45. The van der Waals surface area contributed by atoms with Crippen LogP contribution in [0, 0.1) is 0 Å². The van der Waals surface area contributed by atoms with E-state index in [0.29, 0.717) is 5.02 Å². The van der Waals surface area contributed by atoms with Gasteiger partial charge in [-0.25, -0.2) is 0 Å². The topological polar surface area (TPSA) is 43.4 Å². The van der Waals surface area contributed by atoms with Crippen LogP contribution in [-0.2, 0) is 14.3 Å². The molecule has 0 N–H and O–H groups in total. The van der Waals surface area contributed by atoms with Gasteiger partial charge in [0, 0.05) is 9.92 Å². The first-order valence-corrected chi connectivity index (χ1v) is 5.57. The number of hydrogen-bond acceptors (Lipinski definition) is 4. The van der Waals surface area contributed by atoms with Crippen molar-refractivity contribution in [3.05, 3.63) is 29.3 Å². The summed E-state index contributed by atoms with van der Waals surface area (Å²) in [6.07, 6.45) is 0.145. The zero-order valence-corrected chi connectivity index (χ0v) is 9.18. The third kappa shape index (κ3) is 2.52. The largest absolute Gasteiger partial charge is 0.392 e. The number of hydrogen-bond donors (Lipinski definition) is 0. The zero-order valence-electron chi connectivity index (χ0n) is 7.60. The van der Waals surface area contributed by atoms with Crippen LogP contribution in [0.25, 0.3) is 0 Å². The van der Waals surface area contributed by atoms with Crippen LogP contribution in [0.5, 0.6) is 0 Å². The number of carbonyl (C=O) groups is 2. The number of thioether (sulfide) groups is 1. The molecule has 1 saturated heterocycles. The average molecular weight is 243 g/mol. The third-order valence-electron chi connectivity index (χ3n) is 1.92. The van der Waals surface area contributed by atoms with Crippen molar-refractivity contribution in [1.29, 1.82) is 0 Å². The minimum absolute atomic E-state index is 0.145. The highest BCUT2D eigenvalue weighted by Gasteiger charge is 2.34. The molecule has 0 radical (unpaired) electrons. The van der Waals surface area contributed by atoms with Crippen molar-refractivity contribution < 1.29 is 14.3 Å². The summed E-state index contributed by atoms with van der Waals surface area (Å²) in [6.45, 7) is 0. The molecule has 1 aliphatic rings. The van der Waals surface area contributed by atoms with Gasteiger partial charge in [-0.2, -0.15) is 0 Å². The summed E-state index contributed by atoms with van der Waals surface area (Å²) in [5, 5.41) is 0.225. The van der Waals surface area contributed by atoms with Crippen molar-refractivity contribution in [2.24, 2.45) is 0 Å². The highest BCUT2D eigenvalue weighted by atomic mass is 35.5. The number of halogens is 1. The first kappa shape index (κ1) is 10.5. The van der Waals surface area contributed by atoms with E-state index in [2.05, 4.69) is 4.74 Å². The van der Waals surface area contributed by atoms with E-state index >= 15 is 0 Å². The summed E-state index contributed by atoms with van der Waals surface area (Å²) in [5.41, 5.74) is 0. The van der Waals surface area contributed by atoms with Crippen LogP contribution in [0.4, 0.5) is 0 Å². The highest BCUT2D eigenvalue weighted by molar-refractivity contribution is 8.00. The molecule has 2 rings (SSSR count). The van der Waals surface area contributed by atoms with Crippen LogP contribution in [0.2, 0.25) is 5.02 Å². The lowest BCUT2D eigenvalue weighted by molar-refractivity contribution is -0.151. The van der Waals surface area contributed by atoms with Crippen molar-refractivity contribution in [3.8, 4) is 0 Å². The molecule has 1 aromatic rings. The molecule has 78 valence electrons. The summed E-state index contributed by atoms with van der Waals surface area (Å²) in [4.78, 5) is 22.9. The van der Waals surface area contributed by atoms with Crippen molar-refractivity contribution in [2.75, 3.05) is 0 Å². The molecule has 1 atom stereocenters. The molecule has 3 nitrogen and oxygen atoms in total. The van der Waals surface area contributed by atoms with E-state index in [4.69, 9.17) is 11.6 Å². The summed E-state index contributed by atoms with van der Waals surface area (Å²) >= 11 is 7.04. The molecule has 1 fully saturated rings. The lowest BCUT2D eigenvalue weighted by atomic mass is 10.3. The fourth-order valence-corrected chi connectivity index (χ4v) is 2.33. The van der Waals surface area contributed by atoms with Gasteiger partial charge < -0.3 is 4.74 Å². The van der Waals surface area contributed by atoms with E-state index in [1.165, 1.54) is 11.8 Å². The molecule has 15 heavy (non-hydrogen) atoms. The van der Waals surface area contributed by atoms with E-state index in [1.54, 1.807) is 12.1 Å². The van der Waals surface area contributed by atoms with Gasteiger partial charge in [-0.05, 0) is 24.3 Å². The van der Waals surface area contributed by atoms with Gasteiger partial charge in [0.05, 0.1) is 6.42 Å². The maximum Gasteiger partial charge on any atom is 0.327 e. The molecule has 0 bridgehead atoms. The molecule has 0 aliphatic carbocycles. The maximum absolute atomic E-state index is 11.2. The molecule has 0 amide bonds. The molecular formula is C10H7ClO3S. The predicted octanol–water partition coefficient (Wildman–Crippen LogP) is 2.27. The van der Waals surface area contributed by atoms with Gasteiger partial charge >= 0.3 is 11.9 Å². The second-order valence-corrected chi connectivity index (χ2v) is 4.77. The van der Waals surface area contributed by atoms with E-state index in [-0.39, 0.29) is 6.42 Å². The molecule has 1 aromatic carbocycles. The fraction of sp³-hybridized carbons (Fsp3) is 0.200. The van der Waals surface area contributed by atoms with Crippen LogP contribution in [0.15, 0.2) is 29.2 Å². The normalized spacial score (nSPS) is 20.5. The fourth-order valence-electron chi connectivity index (χ4n) is 1.22. The van der Waals surface area contributed by atoms with E-state index in [0.717, 1.165) is 4.90 Å². The highest BCUT2D eigenvalue weighted by Crippen LogP contribution is 2.30. The standard InChI is InChI=1S/C10H7ClO3S/c11-6-1-3-7(4-2-6)15-8-5-9(12)14-10(8)13/h1-4,8H,5H2/t8-/m0/s1.